The summed E-state index contributed by atoms with van der Waals surface area (Å²) >= 11 is 2.05. The lowest BCUT2D eigenvalue weighted by Gasteiger charge is -2.12. The van der Waals surface area contributed by atoms with Crippen LogP contribution < -0.4 is 14.9 Å². The van der Waals surface area contributed by atoms with Crippen molar-refractivity contribution in [1.82, 2.24) is 0 Å². The lowest BCUT2D eigenvalue weighted by Crippen LogP contribution is -2.06. The lowest BCUT2D eigenvalue weighted by atomic mass is 10.2. The van der Waals surface area contributed by atoms with Gasteiger partial charge in [0.05, 0.1) is 27.0 Å². The van der Waals surface area contributed by atoms with Crippen molar-refractivity contribution in [2.45, 2.75) is 13.8 Å². The third-order valence-corrected chi connectivity index (χ3v) is 3.86. The number of nitro benzene ring substituents is 1. The Morgan fingerprint density at radius 2 is 2.04 bits per heavy atom. The van der Waals surface area contributed by atoms with Crippen LogP contribution in [0.4, 0.5) is 11.4 Å². The number of nitrogens with zero attached hydrogens (tertiary/aromatic N) is 2. The van der Waals surface area contributed by atoms with Crippen molar-refractivity contribution in [3.63, 3.8) is 0 Å². The second kappa shape index (κ2) is 9.13. The molecular weight excluding hydrogens is 453 g/mol. The maximum absolute atomic E-state index is 11.2. The number of anilines is 1. The minimum atomic E-state index is -0.463. The summed E-state index contributed by atoms with van der Waals surface area (Å²) in [5.41, 5.74) is 4.16. The molecule has 0 aliphatic heterocycles. The number of rotatable bonds is 7. The number of non-ortho nitro benzene ring substituents is 1. The molecular formula is C17H16IN3O5. The van der Waals surface area contributed by atoms with Crippen LogP contribution in [0.3, 0.4) is 0 Å². The van der Waals surface area contributed by atoms with Crippen molar-refractivity contribution in [2.24, 2.45) is 5.10 Å². The van der Waals surface area contributed by atoms with Gasteiger partial charge < -0.3 is 9.47 Å². The number of hydrazone groups is 1. The van der Waals surface area contributed by atoms with Gasteiger partial charge in [0, 0.05) is 19.1 Å². The highest BCUT2D eigenvalue weighted by Gasteiger charge is 2.13. The van der Waals surface area contributed by atoms with E-state index in [0.717, 1.165) is 5.56 Å². The molecule has 2 rings (SSSR count). The van der Waals surface area contributed by atoms with Crippen molar-refractivity contribution in [2.75, 3.05) is 12.0 Å². The van der Waals surface area contributed by atoms with E-state index in [1.54, 1.807) is 30.5 Å². The van der Waals surface area contributed by atoms with Crippen LogP contribution in [0.5, 0.6) is 11.5 Å². The van der Waals surface area contributed by atoms with E-state index in [9.17, 15) is 14.9 Å². The number of hydrogen-bond donors (Lipinski definition) is 1. The first kappa shape index (κ1) is 19.6. The standard InChI is InChI=1S/C17H16IN3O5/c1-3-25-16-9-12(8-15(18)17(16)26-11(2)22)10-19-20-13-4-6-14(7-5-13)21(23)24/h4-10,20H,3H2,1-2H3/b19-10+. The summed E-state index contributed by atoms with van der Waals surface area (Å²) in [6.45, 7) is 3.59. The lowest BCUT2D eigenvalue weighted by molar-refractivity contribution is -0.384. The van der Waals surface area contributed by atoms with Crippen LogP contribution in [-0.2, 0) is 4.79 Å². The largest absolute Gasteiger partial charge is 0.490 e. The van der Waals surface area contributed by atoms with E-state index in [2.05, 4.69) is 33.1 Å². The molecule has 0 unspecified atom stereocenters. The molecule has 8 nitrogen and oxygen atoms in total. The number of ether oxygens (including phenoxy) is 2. The summed E-state index contributed by atoms with van der Waals surface area (Å²) in [5.74, 6) is 0.400. The summed E-state index contributed by atoms with van der Waals surface area (Å²) in [7, 11) is 0. The summed E-state index contributed by atoms with van der Waals surface area (Å²) in [5, 5.41) is 14.7. The van der Waals surface area contributed by atoms with Gasteiger partial charge in [-0.3, -0.25) is 20.3 Å². The van der Waals surface area contributed by atoms with Crippen LogP contribution >= 0.6 is 22.6 Å². The number of benzene rings is 2. The molecule has 0 aliphatic rings. The zero-order valence-corrected chi connectivity index (χ0v) is 16.2. The van der Waals surface area contributed by atoms with Gasteiger partial charge >= 0.3 is 5.97 Å². The summed E-state index contributed by atoms with van der Waals surface area (Å²) in [6.07, 6.45) is 1.57. The first-order chi connectivity index (χ1) is 12.4. The molecule has 2 aromatic carbocycles. The van der Waals surface area contributed by atoms with Gasteiger partial charge in [-0.2, -0.15) is 5.10 Å². The fourth-order valence-corrected chi connectivity index (χ4v) is 2.74. The smallest absolute Gasteiger partial charge is 0.308 e. The van der Waals surface area contributed by atoms with E-state index >= 15 is 0 Å². The number of hydrogen-bond acceptors (Lipinski definition) is 7. The SMILES string of the molecule is CCOc1cc(/C=N/Nc2ccc([N+](=O)[O-])cc2)cc(I)c1OC(C)=O. The first-order valence-electron chi connectivity index (χ1n) is 7.59. The van der Waals surface area contributed by atoms with Crippen LogP contribution in [0.15, 0.2) is 41.5 Å². The van der Waals surface area contributed by atoms with Gasteiger partial charge in [0.1, 0.15) is 0 Å². The van der Waals surface area contributed by atoms with E-state index < -0.39 is 10.9 Å². The predicted molar refractivity (Wildman–Crippen MR) is 106 cm³/mol. The van der Waals surface area contributed by atoms with E-state index in [-0.39, 0.29) is 5.69 Å². The van der Waals surface area contributed by atoms with E-state index in [1.807, 2.05) is 6.92 Å². The second-order valence-corrected chi connectivity index (χ2v) is 6.19. The number of carbonyl (C=O) groups excluding carboxylic acids is 1. The average Bonchev–Trinajstić information content (AvgIpc) is 2.58. The topological polar surface area (TPSA) is 103 Å². The Hall–Kier alpha value is -2.69. The van der Waals surface area contributed by atoms with Crippen molar-refractivity contribution in [3.8, 4) is 11.5 Å². The third-order valence-electron chi connectivity index (χ3n) is 3.06. The first-order valence-corrected chi connectivity index (χ1v) is 8.67. The number of esters is 1. The number of halogens is 1. The van der Waals surface area contributed by atoms with Crippen molar-refractivity contribution >= 4 is 46.1 Å². The molecule has 9 heteroatoms. The summed E-state index contributed by atoms with van der Waals surface area (Å²) in [6, 6.07) is 9.42. The Morgan fingerprint density at radius 1 is 1.35 bits per heavy atom. The van der Waals surface area contributed by atoms with E-state index in [4.69, 9.17) is 9.47 Å². The van der Waals surface area contributed by atoms with Gasteiger partial charge in [-0.05, 0) is 59.3 Å². The van der Waals surface area contributed by atoms with Crippen molar-refractivity contribution in [3.05, 3.63) is 55.6 Å². The Kier molecular flexibility index (Phi) is 6.89. The second-order valence-electron chi connectivity index (χ2n) is 5.03. The monoisotopic (exact) mass is 469 g/mol. The van der Waals surface area contributed by atoms with Gasteiger partial charge in [0.25, 0.3) is 5.69 Å². The maximum Gasteiger partial charge on any atom is 0.308 e. The molecule has 0 amide bonds. The zero-order chi connectivity index (χ0) is 19.1. The third kappa shape index (κ3) is 5.41. The highest BCUT2D eigenvalue weighted by molar-refractivity contribution is 14.1. The average molecular weight is 469 g/mol. The fourth-order valence-electron chi connectivity index (χ4n) is 2.01. The maximum atomic E-state index is 11.2. The molecule has 0 heterocycles. The molecule has 2 aromatic rings. The molecule has 0 saturated carbocycles. The predicted octanol–water partition coefficient (Wildman–Crippen LogP) is 3.97. The van der Waals surface area contributed by atoms with Gasteiger partial charge in [-0.25, -0.2) is 0 Å². The molecule has 0 aromatic heterocycles. The molecule has 1 N–H and O–H groups in total. The van der Waals surface area contributed by atoms with Crippen molar-refractivity contribution < 1.29 is 19.2 Å². The van der Waals surface area contributed by atoms with E-state index in [1.165, 1.54) is 19.1 Å². The van der Waals surface area contributed by atoms with Gasteiger partial charge in [0.15, 0.2) is 11.5 Å². The van der Waals surface area contributed by atoms with Gasteiger partial charge in [0.2, 0.25) is 0 Å². The molecule has 0 fully saturated rings. The van der Waals surface area contributed by atoms with Gasteiger partial charge in [-0.1, -0.05) is 0 Å². The zero-order valence-electron chi connectivity index (χ0n) is 14.1. The molecule has 26 heavy (non-hydrogen) atoms. The van der Waals surface area contributed by atoms with E-state index in [0.29, 0.717) is 27.4 Å². The van der Waals surface area contributed by atoms with Crippen LogP contribution in [0.1, 0.15) is 19.4 Å². The van der Waals surface area contributed by atoms with Crippen LogP contribution in [0.25, 0.3) is 0 Å². The Bertz CT molecular complexity index is 837. The van der Waals surface area contributed by atoms with Gasteiger partial charge in [-0.15, -0.1) is 0 Å². The number of carbonyl (C=O) groups is 1. The fraction of sp³-hybridized carbons (Fsp3) is 0.176. The Morgan fingerprint density at radius 3 is 2.62 bits per heavy atom. The normalized spacial score (nSPS) is 10.6. The van der Waals surface area contributed by atoms with Crippen LogP contribution in [0.2, 0.25) is 0 Å². The quantitative estimate of drug-likeness (QED) is 0.164. The minimum Gasteiger partial charge on any atom is -0.490 e. The summed E-state index contributed by atoms with van der Waals surface area (Å²) < 4.78 is 11.4. The minimum absolute atomic E-state index is 0.0106. The molecule has 136 valence electrons. The molecule has 0 saturated heterocycles. The highest BCUT2D eigenvalue weighted by atomic mass is 127. The molecule has 0 radical (unpaired) electrons. The molecule has 0 atom stereocenters. The Balaban J connectivity index is 2.16. The Labute approximate surface area is 163 Å². The number of nitrogens with one attached hydrogen (secondary N) is 1. The van der Waals surface area contributed by atoms with Crippen LogP contribution in [0, 0.1) is 13.7 Å². The number of nitro groups is 1. The molecule has 0 bridgehead atoms. The summed E-state index contributed by atoms with van der Waals surface area (Å²) in [4.78, 5) is 21.4. The highest BCUT2D eigenvalue weighted by Crippen LogP contribution is 2.34. The van der Waals surface area contributed by atoms with Crippen LogP contribution in [-0.4, -0.2) is 23.7 Å². The molecule has 0 spiro atoms. The molecule has 0 aliphatic carbocycles. The van der Waals surface area contributed by atoms with Crippen molar-refractivity contribution in [1.29, 1.82) is 0 Å².